The van der Waals surface area contributed by atoms with Gasteiger partial charge in [0.15, 0.2) is 12.0 Å². The fourth-order valence-corrected chi connectivity index (χ4v) is 5.78. The Morgan fingerprint density at radius 2 is 1.93 bits per heavy atom. The molecule has 4 heterocycles. The van der Waals surface area contributed by atoms with E-state index < -0.39 is 24.3 Å². The third kappa shape index (κ3) is 5.84. The molecule has 12 heteroatoms. The highest BCUT2D eigenvalue weighted by molar-refractivity contribution is 5.80. The van der Waals surface area contributed by atoms with E-state index in [1.165, 1.54) is 23.8 Å². The second-order valence-electron chi connectivity index (χ2n) is 11.0. The van der Waals surface area contributed by atoms with Crippen LogP contribution in [0.1, 0.15) is 18.9 Å². The van der Waals surface area contributed by atoms with Crippen molar-refractivity contribution in [2.45, 2.75) is 31.7 Å². The van der Waals surface area contributed by atoms with Crippen LogP contribution >= 0.6 is 0 Å². The number of amides is 1. The lowest BCUT2D eigenvalue weighted by Gasteiger charge is -2.35. The molecule has 0 saturated carbocycles. The van der Waals surface area contributed by atoms with Crippen LogP contribution < -0.4 is 15.0 Å². The molecule has 3 aliphatic rings. The molecule has 1 aromatic heterocycles. The normalized spacial score (nSPS) is 24.1. The van der Waals surface area contributed by atoms with E-state index in [2.05, 4.69) is 43.4 Å². The van der Waals surface area contributed by atoms with Gasteiger partial charge in [0.2, 0.25) is 5.95 Å². The van der Waals surface area contributed by atoms with Crippen molar-refractivity contribution in [2.24, 2.45) is 11.8 Å². The lowest BCUT2D eigenvalue weighted by atomic mass is 10.0. The number of nitrogens with one attached hydrogen (secondary N) is 1. The minimum absolute atomic E-state index is 0.174. The predicted octanol–water partition coefficient (Wildman–Crippen LogP) is 2.94. The number of carbonyl (C=O) groups excluding carboxylic acids is 1. The number of ether oxygens (including phenoxy) is 2. The molecule has 42 heavy (non-hydrogen) atoms. The third-order valence-electron chi connectivity index (χ3n) is 8.09. The Labute approximate surface area is 242 Å². The summed E-state index contributed by atoms with van der Waals surface area (Å²) in [5, 5.41) is 22.5. The van der Waals surface area contributed by atoms with Crippen LogP contribution in [-0.2, 0) is 9.53 Å². The molecule has 218 valence electrons. The molecule has 6 rings (SSSR count). The molecule has 3 unspecified atom stereocenters. The van der Waals surface area contributed by atoms with Crippen molar-refractivity contribution >= 4 is 23.2 Å². The van der Waals surface area contributed by atoms with Gasteiger partial charge in [-0.15, -0.1) is 0 Å². The van der Waals surface area contributed by atoms with Gasteiger partial charge in [-0.3, -0.25) is 4.79 Å². The standard InChI is InChI=1S/C30H32FN7O4/c1-18(39)29(40)37-9-8-27(25(31)14-37)42-26-7-2-19(10-20(26)11-32)28-33-17-34-30(36-28)35-23-3-5-24(6-4-23)38-12-21-15-41-16-22(21)13-38/h2-7,10,17-18,21-22,25,27,39H,8-9,12-16H2,1H3,(H,33,34,35,36)/t18-,21?,22?,25?,27-/m0/s1. The Hall–Kier alpha value is -4.34. The van der Waals surface area contributed by atoms with Crippen molar-refractivity contribution in [3.05, 3.63) is 54.4 Å². The van der Waals surface area contributed by atoms with Gasteiger partial charge in [0.25, 0.3) is 5.91 Å². The molecule has 3 aliphatic heterocycles. The number of aliphatic hydroxyl groups is 1. The number of anilines is 3. The van der Waals surface area contributed by atoms with E-state index in [-0.39, 0.29) is 30.8 Å². The van der Waals surface area contributed by atoms with E-state index in [1.54, 1.807) is 18.2 Å². The summed E-state index contributed by atoms with van der Waals surface area (Å²) in [6.07, 6.45) is -1.82. The van der Waals surface area contributed by atoms with Gasteiger partial charge in [0.1, 0.15) is 30.4 Å². The second-order valence-corrected chi connectivity index (χ2v) is 11.0. The zero-order valence-electron chi connectivity index (χ0n) is 23.2. The summed E-state index contributed by atoms with van der Waals surface area (Å²) < 4.78 is 26.3. The first-order valence-corrected chi connectivity index (χ1v) is 14.1. The number of likely N-dealkylation sites (tertiary alicyclic amines) is 1. The highest BCUT2D eigenvalue weighted by atomic mass is 19.1. The lowest BCUT2D eigenvalue weighted by Crippen LogP contribution is -2.51. The van der Waals surface area contributed by atoms with E-state index in [1.807, 2.05) is 12.1 Å². The van der Waals surface area contributed by atoms with Crippen LogP contribution in [0, 0.1) is 23.2 Å². The van der Waals surface area contributed by atoms with Crippen LogP contribution in [0.5, 0.6) is 5.75 Å². The summed E-state index contributed by atoms with van der Waals surface area (Å²) in [5.74, 6) is 1.68. The maximum atomic E-state index is 14.8. The number of aromatic nitrogens is 3. The van der Waals surface area contributed by atoms with Crippen molar-refractivity contribution < 1.29 is 23.8 Å². The minimum atomic E-state index is -1.46. The van der Waals surface area contributed by atoms with Gasteiger partial charge < -0.3 is 29.7 Å². The number of alkyl halides is 1. The summed E-state index contributed by atoms with van der Waals surface area (Å²) in [6, 6.07) is 15.2. The number of halogens is 1. The highest BCUT2D eigenvalue weighted by Crippen LogP contribution is 2.33. The largest absolute Gasteiger partial charge is 0.486 e. The van der Waals surface area contributed by atoms with Crippen LogP contribution in [0.25, 0.3) is 11.4 Å². The Kier molecular flexibility index (Phi) is 7.86. The maximum absolute atomic E-state index is 14.8. The van der Waals surface area contributed by atoms with E-state index >= 15 is 0 Å². The van der Waals surface area contributed by atoms with Crippen molar-refractivity contribution in [2.75, 3.05) is 49.6 Å². The molecular weight excluding hydrogens is 541 g/mol. The molecule has 11 nitrogen and oxygen atoms in total. The van der Waals surface area contributed by atoms with Gasteiger partial charge in [-0.25, -0.2) is 14.4 Å². The van der Waals surface area contributed by atoms with E-state index in [9.17, 15) is 19.6 Å². The number of nitrogens with zero attached hydrogens (tertiary/aromatic N) is 6. The molecule has 2 aromatic carbocycles. The Morgan fingerprint density at radius 1 is 1.17 bits per heavy atom. The topological polar surface area (TPSA) is 137 Å². The predicted molar refractivity (Wildman–Crippen MR) is 152 cm³/mol. The van der Waals surface area contributed by atoms with Gasteiger partial charge in [-0.1, -0.05) is 0 Å². The third-order valence-corrected chi connectivity index (χ3v) is 8.09. The molecule has 3 aromatic rings. The molecule has 0 bridgehead atoms. The van der Waals surface area contributed by atoms with Crippen LogP contribution in [0.4, 0.5) is 21.7 Å². The maximum Gasteiger partial charge on any atom is 0.251 e. The molecule has 3 fully saturated rings. The van der Waals surface area contributed by atoms with Gasteiger partial charge in [-0.05, 0) is 49.4 Å². The zero-order valence-corrected chi connectivity index (χ0v) is 23.2. The Morgan fingerprint density at radius 3 is 2.62 bits per heavy atom. The fraction of sp³-hybridized carbons (Fsp3) is 0.433. The SMILES string of the molecule is C[C@H](O)C(=O)N1CC[C@H](Oc2ccc(-c3ncnc(Nc4ccc(N5CC6COCC6C5)cc4)n3)cc2C#N)C(F)C1. The molecule has 0 spiro atoms. The molecule has 0 aliphatic carbocycles. The average Bonchev–Trinajstić information content (AvgIpc) is 3.61. The number of hydrogen-bond donors (Lipinski definition) is 2. The fourth-order valence-electron chi connectivity index (χ4n) is 5.78. The van der Waals surface area contributed by atoms with E-state index in [0.29, 0.717) is 29.2 Å². The van der Waals surface area contributed by atoms with E-state index in [0.717, 1.165) is 32.0 Å². The Balaban J connectivity index is 1.10. The number of rotatable bonds is 7. The van der Waals surface area contributed by atoms with Crippen LogP contribution in [0.3, 0.4) is 0 Å². The summed E-state index contributed by atoms with van der Waals surface area (Å²) in [6.45, 7) is 5.17. The molecule has 1 amide bonds. The Bertz CT molecular complexity index is 1470. The quantitative estimate of drug-likeness (QED) is 0.434. The average molecular weight is 574 g/mol. The monoisotopic (exact) mass is 573 g/mol. The van der Waals surface area contributed by atoms with Gasteiger partial charge in [0, 0.05) is 54.8 Å². The summed E-state index contributed by atoms with van der Waals surface area (Å²) in [4.78, 5) is 28.7. The first-order chi connectivity index (χ1) is 20.4. The number of piperidine rings is 1. The molecular formula is C30H32FN7O4. The highest BCUT2D eigenvalue weighted by Gasteiger charge is 2.37. The number of benzene rings is 2. The minimum Gasteiger partial charge on any atom is -0.486 e. The van der Waals surface area contributed by atoms with Crippen molar-refractivity contribution in [3.63, 3.8) is 0 Å². The number of fused-ring (bicyclic) bond motifs is 1. The first-order valence-electron chi connectivity index (χ1n) is 14.1. The lowest BCUT2D eigenvalue weighted by molar-refractivity contribution is -0.143. The van der Waals surface area contributed by atoms with Gasteiger partial charge >= 0.3 is 0 Å². The van der Waals surface area contributed by atoms with Crippen molar-refractivity contribution in [3.8, 4) is 23.2 Å². The molecule has 5 atom stereocenters. The van der Waals surface area contributed by atoms with Gasteiger partial charge in [0.05, 0.1) is 25.3 Å². The molecule has 3 saturated heterocycles. The number of nitriles is 1. The van der Waals surface area contributed by atoms with Crippen molar-refractivity contribution in [1.82, 2.24) is 19.9 Å². The smallest absolute Gasteiger partial charge is 0.251 e. The summed E-state index contributed by atoms with van der Waals surface area (Å²) in [7, 11) is 0. The van der Waals surface area contributed by atoms with Crippen LogP contribution in [0.15, 0.2) is 48.8 Å². The number of hydrogen-bond acceptors (Lipinski definition) is 10. The van der Waals surface area contributed by atoms with Gasteiger partial charge in [-0.2, -0.15) is 10.2 Å². The van der Waals surface area contributed by atoms with Crippen molar-refractivity contribution in [1.29, 1.82) is 5.26 Å². The van der Waals surface area contributed by atoms with Crippen LogP contribution in [0.2, 0.25) is 0 Å². The second kappa shape index (κ2) is 11.9. The molecule has 2 N–H and O–H groups in total. The zero-order chi connectivity index (χ0) is 29.2. The summed E-state index contributed by atoms with van der Waals surface area (Å²) >= 11 is 0. The molecule has 0 radical (unpaired) electrons. The summed E-state index contributed by atoms with van der Waals surface area (Å²) in [5.41, 5.74) is 2.81. The van der Waals surface area contributed by atoms with Crippen LogP contribution in [-0.4, -0.2) is 88.6 Å². The number of aliphatic hydroxyl groups excluding tert-OH is 1. The van der Waals surface area contributed by atoms with E-state index in [4.69, 9.17) is 9.47 Å². The first kappa shape index (κ1) is 27.8. The number of carbonyl (C=O) groups is 1.